The predicted octanol–water partition coefficient (Wildman–Crippen LogP) is 1.74. The lowest BCUT2D eigenvalue weighted by Gasteiger charge is -2.09. The highest BCUT2D eigenvalue weighted by Crippen LogP contribution is 2.19. The summed E-state index contributed by atoms with van der Waals surface area (Å²) < 4.78 is 0. The van der Waals surface area contributed by atoms with E-state index in [0.717, 1.165) is 0 Å². The number of aromatic nitrogens is 1. The highest BCUT2D eigenvalue weighted by Gasteiger charge is 2.10. The Morgan fingerprint density at radius 3 is 2.94 bits per heavy atom. The number of anilines is 2. The number of amides is 1. The number of pyridine rings is 1. The molecule has 0 spiro atoms. The van der Waals surface area contributed by atoms with Crippen LogP contribution in [0.4, 0.5) is 11.5 Å². The van der Waals surface area contributed by atoms with Crippen LogP contribution in [0.5, 0.6) is 0 Å². The molecule has 0 saturated carbocycles. The number of nitrogens with one attached hydrogen (secondary N) is 1. The van der Waals surface area contributed by atoms with Gasteiger partial charge in [0.2, 0.25) is 0 Å². The average Bonchev–Trinajstić information content (AvgIpc) is 2.73. The minimum absolute atomic E-state index is 0.309. The van der Waals surface area contributed by atoms with Crippen LogP contribution < -0.4 is 16.8 Å². The van der Waals surface area contributed by atoms with E-state index < -0.39 is 5.91 Å². The smallest absolute Gasteiger partial charge is 0.252 e. The number of primary amides is 1. The molecule has 18 heavy (non-hydrogen) atoms. The van der Waals surface area contributed by atoms with Crippen LogP contribution in [0.3, 0.4) is 0 Å². The van der Waals surface area contributed by atoms with Crippen molar-refractivity contribution in [1.82, 2.24) is 4.98 Å². The molecule has 94 valence electrons. The molecule has 1 amide bonds. The first-order chi connectivity index (χ1) is 8.58. The standard InChI is InChI=1S/C12H14N4OS/c1-7-2-3-18-10(7)6-16-12-9(11(14)17)4-8(13)5-15-12/h2-5H,6,13H2,1H3,(H2,14,17)(H,15,16). The van der Waals surface area contributed by atoms with Gasteiger partial charge in [0.15, 0.2) is 0 Å². The van der Waals surface area contributed by atoms with Crippen LogP contribution in [-0.2, 0) is 6.54 Å². The van der Waals surface area contributed by atoms with Gasteiger partial charge in [-0.2, -0.15) is 0 Å². The molecule has 0 aromatic carbocycles. The predicted molar refractivity (Wildman–Crippen MR) is 73.5 cm³/mol. The largest absolute Gasteiger partial charge is 0.397 e. The fourth-order valence-electron chi connectivity index (χ4n) is 1.56. The van der Waals surface area contributed by atoms with E-state index in [-0.39, 0.29) is 0 Å². The SMILES string of the molecule is Cc1ccsc1CNc1ncc(N)cc1C(N)=O. The van der Waals surface area contributed by atoms with Crippen molar-refractivity contribution in [2.24, 2.45) is 5.73 Å². The maximum absolute atomic E-state index is 11.3. The van der Waals surface area contributed by atoms with Gasteiger partial charge in [0.05, 0.1) is 24.0 Å². The molecular formula is C12H14N4OS. The third-order valence-corrected chi connectivity index (χ3v) is 3.58. The van der Waals surface area contributed by atoms with Gasteiger partial charge < -0.3 is 16.8 Å². The van der Waals surface area contributed by atoms with E-state index in [0.29, 0.717) is 23.6 Å². The minimum atomic E-state index is -0.541. The van der Waals surface area contributed by atoms with Gasteiger partial charge in [0.25, 0.3) is 5.91 Å². The van der Waals surface area contributed by atoms with Crippen LogP contribution >= 0.6 is 11.3 Å². The number of nitrogen functional groups attached to an aromatic ring is 1. The molecule has 2 aromatic heterocycles. The Balaban J connectivity index is 2.19. The summed E-state index contributed by atoms with van der Waals surface area (Å²) in [7, 11) is 0. The van der Waals surface area contributed by atoms with Gasteiger partial charge in [-0.15, -0.1) is 11.3 Å². The molecule has 0 saturated heterocycles. The molecule has 2 rings (SSSR count). The van der Waals surface area contributed by atoms with E-state index in [1.54, 1.807) is 11.3 Å². The number of hydrogen-bond acceptors (Lipinski definition) is 5. The van der Waals surface area contributed by atoms with Gasteiger partial charge in [0, 0.05) is 4.88 Å². The Hall–Kier alpha value is -2.08. The molecule has 2 aromatic rings. The van der Waals surface area contributed by atoms with Crippen molar-refractivity contribution in [3.63, 3.8) is 0 Å². The van der Waals surface area contributed by atoms with Crippen molar-refractivity contribution in [2.75, 3.05) is 11.1 Å². The Bertz CT molecular complexity index is 579. The molecule has 6 heteroatoms. The minimum Gasteiger partial charge on any atom is -0.397 e. The number of rotatable bonds is 4. The summed E-state index contributed by atoms with van der Waals surface area (Å²) in [5.41, 5.74) is 12.8. The number of thiophene rings is 1. The van der Waals surface area contributed by atoms with Crippen molar-refractivity contribution >= 4 is 28.7 Å². The zero-order chi connectivity index (χ0) is 13.1. The van der Waals surface area contributed by atoms with Gasteiger partial charge >= 0.3 is 0 Å². The third kappa shape index (κ3) is 2.60. The first kappa shape index (κ1) is 12.4. The van der Waals surface area contributed by atoms with E-state index in [1.807, 2.05) is 18.4 Å². The second kappa shape index (κ2) is 5.05. The van der Waals surface area contributed by atoms with Gasteiger partial charge in [-0.25, -0.2) is 4.98 Å². The number of carbonyl (C=O) groups is 1. The highest BCUT2D eigenvalue weighted by atomic mass is 32.1. The summed E-state index contributed by atoms with van der Waals surface area (Å²) in [4.78, 5) is 16.6. The van der Waals surface area contributed by atoms with Crippen LogP contribution in [0.2, 0.25) is 0 Å². The topological polar surface area (TPSA) is 94.0 Å². The lowest BCUT2D eigenvalue weighted by molar-refractivity contribution is 0.100. The number of hydrogen-bond donors (Lipinski definition) is 3. The summed E-state index contributed by atoms with van der Waals surface area (Å²) in [6.45, 7) is 2.65. The number of aryl methyl sites for hydroxylation is 1. The van der Waals surface area contributed by atoms with E-state index in [4.69, 9.17) is 11.5 Å². The quantitative estimate of drug-likeness (QED) is 0.782. The van der Waals surface area contributed by atoms with Gasteiger partial charge in [-0.1, -0.05) is 0 Å². The average molecular weight is 262 g/mol. The zero-order valence-electron chi connectivity index (χ0n) is 9.93. The van der Waals surface area contributed by atoms with Crippen molar-refractivity contribution in [3.8, 4) is 0 Å². The second-order valence-electron chi connectivity index (χ2n) is 3.91. The van der Waals surface area contributed by atoms with E-state index in [9.17, 15) is 4.79 Å². The molecular weight excluding hydrogens is 248 g/mol. The normalized spacial score (nSPS) is 10.3. The van der Waals surface area contributed by atoms with Crippen LogP contribution in [-0.4, -0.2) is 10.9 Å². The van der Waals surface area contributed by atoms with Crippen LogP contribution in [0.15, 0.2) is 23.7 Å². The maximum atomic E-state index is 11.3. The lowest BCUT2D eigenvalue weighted by atomic mass is 10.2. The Morgan fingerprint density at radius 1 is 1.56 bits per heavy atom. The van der Waals surface area contributed by atoms with E-state index in [2.05, 4.69) is 10.3 Å². The van der Waals surface area contributed by atoms with Crippen molar-refractivity contribution < 1.29 is 4.79 Å². The number of carbonyl (C=O) groups excluding carboxylic acids is 1. The molecule has 0 aliphatic heterocycles. The molecule has 0 aliphatic carbocycles. The Kier molecular flexibility index (Phi) is 3.47. The van der Waals surface area contributed by atoms with Crippen LogP contribution in [0.1, 0.15) is 20.8 Å². The van der Waals surface area contributed by atoms with Gasteiger partial charge in [-0.05, 0) is 30.0 Å². The van der Waals surface area contributed by atoms with Crippen LogP contribution in [0, 0.1) is 6.92 Å². The highest BCUT2D eigenvalue weighted by molar-refractivity contribution is 7.10. The maximum Gasteiger partial charge on any atom is 0.252 e. The Morgan fingerprint density at radius 2 is 2.33 bits per heavy atom. The van der Waals surface area contributed by atoms with E-state index >= 15 is 0 Å². The van der Waals surface area contributed by atoms with Gasteiger partial charge in [-0.3, -0.25) is 4.79 Å². The molecule has 2 heterocycles. The molecule has 0 radical (unpaired) electrons. The Labute approximate surface area is 109 Å². The summed E-state index contributed by atoms with van der Waals surface area (Å²) >= 11 is 1.66. The molecule has 0 unspecified atom stereocenters. The van der Waals surface area contributed by atoms with Crippen molar-refractivity contribution in [3.05, 3.63) is 39.7 Å². The zero-order valence-corrected chi connectivity index (χ0v) is 10.8. The van der Waals surface area contributed by atoms with Gasteiger partial charge in [0.1, 0.15) is 5.82 Å². The molecule has 0 atom stereocenters. The molecule has 0 fully saturated rings. The monoisotopic (exact) mass is 262 g/mol. The third-order valence-electron chi connectivity index (χ3n) is 2.56. The summed E-state index contributed by atoms with van der Waals surface area (Å²) in [6, 6.07) is 3.58. The summed E-state index contributed by atoms with van der Waals surface area (Å²) in [5.74, 6) is -0.0790. The molecule has 0 bridgehead atoms. The molecule has 5 N–H and O–H groups in total. The fraction of sp³-hybridized carbons (Fsp3) is 0.167. The number of nitrogens with two attached hydrogens (primary N) is 2. The molecule has 0 aliphatic rings. The second-order valence-corrected chi connectivity index (χ2v) is 4.91. The first-order valence-corrected chi connectivity index (χ1v) is 6.28. The first-order valence-electron chi connectivity index (χ1n) is 5.40. The van der Waals surface area contributed by atoms with Crippen LogP contribution in [0.25, 0.3) is 0 Å². The lowest BCUT2D eigenvalue weighted by Crippen LogP contribution is -2.16. The number of nitrogens with zero attached hydrogens (tertiary/aromatic N) is 1. The fourth-order valence-corrected chi connectivity index (χ4v) is 2.40. The summed E-state index contributed by atoms with van der Waals surface area (Å²) in [5, 5.41) is 5.13. The molecule has 5 nitrogen and oxygen atoms in total. The van der Waals surface area contributed by atoms with Crippen molar-refractivity contribution in [2.45, 2.75) is 13.5 Å². The summed E-state index contributed by atoms with van der Waals surface area (Å²) in [6.07, 6.45) is 1.50. The van der Waals surface area contributed by atoms with E-state index in [1.165, 1.54) is 22.7 Å². The van der Waals surface area contributed by atoms with Crippen molar-refractivity contribution in [1.29, 1.82) is 0 Å².